The molecular formula is C12H14ClN3. The number of hydrogen-bond donors (Lipinski definition) is 1. The van der Waals surface area contributed by atoms with Crippen molar-refractivity contribution in [3.8, 4) is 5.69 Å². The second kappa shape index (κ2) is 4.28. The topological polar surface area (TPSA) is 43.8 Å². The molecule has 1 aromatic heterocycles. The average molecular weight is 236 g/mol. The lowest BCUT2D eigenvalue weighted by Gasteiger charge is -2.06. The maximum atomic E-state index is 5.97. The van der Waals surface area contributed by atoms with Crippen molar-refractivity contribution in [2.45, 2.75) is 20.4 Å². The second-order valence-electron chi connectivity index (χ2n) is 3.82. The van der Waals surface area contributed by atoms with Gasteiger partial charge in [0.2, 0.25) is 0 Å². The number of hydrogen-bond acceptors (Lipinski definition) is 2. The fourth-order valence-electron chi connectivity index (χ4n) is 1.62. The number of nitrogens with zero attached hydrogens (tertiary/aromatic N) is 2. The molecule has 2 aromatic rings. The highest BCUT2D eigenvalue weighted by atomic mass is 35.5. The standard InChI is InChI=1S/C12H14ClN3/c1-8-5-11(4-3-10(8)6-14)16-7-12(13)9(2)15-16/h3-5,7H,6,14H2,1-2H3. The Labute approximate surface area is 99.8 Å². The zero-order chi connectivity index (χ0) is 11.7. The molecule has 0 aliphatic heterocycles. The fourth-order valence-corrected chi connectivity index (χ4v) is 1.75. The molecule has 4 heteroatoms. The molecule has 0 aliphatic carbocycles. The van der Waals surface area contributed by atoms with Crippen molar-refractivity contribution < 1.29 is 0 Å². The Balaban J connectivity index is 2.45. The monoisotopic (exact) mass is 235 g/mol. The Bertz CT molecular complexity index is 497. The van der Waals surface area contributed by atoms with Crippen LogP contribution in [0.4, 0.5) is 0 Å². The summed E-state index contributed by atoms with van der Waals surface area (Å²) in [5.41, 5.74) is 9.79. The molecule has 0 spiro atoms. The van der Waals surface area contributed by atoms with Crippen LogP contribution in [0.25, 0.3) is 5.69 Å². The van der Waals surface area contributed by atoms with Crippen LogP contribution in [-0.2, 0) is 6.54 Å². The first-order valence-electron chi connectivity index (χ1n) is 5.13. The lowest BCUT2D eigenvalue weighted by atomic mass is 10.1. The van der Waals surface area contributed by atoms with Gasteiger partial charge in [-0.05, 0) is 37.1 Å². The Morgan fingerprint density at radius 2 is 2.12 bits per heavy atom. The van der Waals surface area contributed by atoms with E-state index in [2.05, 4.69) is 11.2 Å². The molecule has 0 saturated heterocycles. The van der Waals surface area contributed by atoms with Crippen LogP contribution in [0.1, 0.15) is 16.8 Å². The molecule has 0 aliphatic rings. The number of halogens is 1. The van der Waals surface area contributed by atoms with Gasteiger partial charge in [0.25, 0.3) is 0 Å². The summed E-state index contributed by atoms with van der Waals surface area (Å²) in [5.74, 6) is 0. The van der Waals surface area contributed by atoms with Crippen molar-refractivity contribution >= 4 is 11.6 Å². The number of aryl methyl sites for hydroxylation is 2. The molecule has 3 nitrogen and oxygen atoms in total. The van der Waals surface area contributed by atoms with Gasteiger partial charge in [0.05, 0.1) is 16.4 Å². The predicted molar refractivity (Wildman–Crippen MR) is 65.9 cm³/mol. The first-order valence-corrected chi connectivity index (χ1v) is 5.51. The lowest BCUT2D eigenvalue weighted by molar-refractivity contribution is 0.859. The molecular weight excluding hydrogens is 222 g/mol. The predicted octanol–water partition coefficient (Wildman–Crippen LogP) is 2.60. The zero-order valence-corrected chi connectivity index (χ0v) is 10.1. The number of rotatable bonds is 2. The molecule has 0 radical (unpaired) electrons. The maximum absolute atomic E-state index is 5.97. The van der Waals surface area contributed by atoms with Crippen molar-refractivity contribution in [1.82, 2.24) is 9.78 Å². The molecule has 0 unspecified atom stereocenters. The summed E-state index contributed by atoms with van der Waals surface area (Å²) in [6.45, 7) is 4.49. The van der Waals surface area contributed by atoms with Crippen molar-refractivity contribution in [3.05, 3.63) is 46.2 Å². The van der Waals surface area contributed by atoms with Crippen LogP contribution < -0.4 is 5.73 Å². The largest absolute Gasteiger partial charge is 0.326 e. The zero-order valence-electron chi connectivity index (χ0n) is 9.37. The molecule has 0 atom stereocenters. The van der Waals surface area contributed by atoms with E-state index in [-0.39, 0.29) is 0 Å². The minimum absolute atomic E-state index is 0.561. The van der Waals surface area contributed by atoms with Gasteiger partial charge in [-0.1, -0.05) is 17.7 Å². The summed E-state index contributed by atoms with van der Waals surface area (Å²) in [6, 6.07) is 6.08. The fraction of sp³-hybridized carbons (Fsp3) is 0.250. The van der Waals surface area contributed by atoms with Crippen LogP contribution in [0.2, 0.25) is 5.02 Å². The van der Waals surface area contributed by atoms with Crippen LogP contribution >= 0.6 is 11.6 Å². The molecule has 1 heterocycles. The quantitative estimate of drug-likeness (QED) is 0.870. The molecule has 0 fully saturated rings. The SMILES string of the molecule is Cc1cc(-n2cc(Cl)c(C)n2)ccc1CN. The highest BCUT2D eigenvalue weighted by molar-refractivity contribution is 6.31. The number of nitrogens with two attached hydrogens (primary N) is 1. The van der Waals surface area contributed by atoms with Gasteiger partial charge in [-0.2, -0.15) is 5.10 Å². The summed E-state index contributed by atoms with van der Waals surface area (Å²) in [7, 11) is 0. The van der Waals surface area contributed by atoms with Gasteiger partial charge in [0.15, 0.2) is 0 Å². The van der Waals surface area contributed by atoms with E-state index >= 15 is 0 Å². The molecule has 16 heavy (non-hydrogen) atoms. The van der Waals surface area contributed by atoms with Crippen LogP contribution in [0.5, 0.6) is 0 Å². The van der Waals surface area contributed by atoms with Crippen molar-refractivity contribution in [1.29, 1.82) is 0 Å². The lowest BCUT2D eigenvalue weighted by Crippen LogP contribution is -2.01. The number of benzene rings is 1. The van der Waals surface area contributed by atoms with Crippen LogP contribution in [0.3, 0.4) is 0 Å². The van der Waals surface area contributed by atoms with Crippen LogP contribution in [0.15, 0.2) is 24.4 Å². The summed E-state index contributed by atoms with van der Waals surface area (Å²) < 4.78 is 1.78. The van der Waals surface area contributed by atoms with Gasteiger partial charge in [0, 0.05) is 12.7 Å². The normalized spacial score (nSPS) is 10.8. The summed E-state index contributed by atoms with van der Waals surface area (Å²) in [5, 5.41) is 5.01. The Morgan fingerprint density at radius 3 is 2.62 bits per heavy atom. The first kappa shape index (κ1) is 11.2. The van der Waals surface area contributed by atoms with Gasteiger partial charge >= 0.3 is 0 Å². The van der Waals surface area contributed by atoms with E-state index in [1.54, 1.807) is 4.68 Å². The second-order valence-corrected chi connectivity index (χ2v) is 4.23. The smallest absolute Gasteiger partial charge is 0.0819 e. The van der Waals surface area contributed by atoms with E-state index in [4.69, 9.17) is 17.3 Å². The van der Waals surface area contributed by atoms with E-state index in [1.165, 1.54) is 5.56 Å². The Kier molecular flexibility index (Phi) is 2.99. The van der Waals surface area contributed by atoms with Gasteiger partial charge in [-0.15, -0.1) is 0 Å². The third-order valence-electron chi connectivity index (χ3n) is 2.65. The maximum Gasteiger partial charge on any atom is 0.0819 e. The molecule has 2 N–H and O–H groups in total. The van der Waals surface area contributed by atoms with E-state index in [1.807, 2.05) is 32.2 Å². The molecule has 0 bridgehead atoms. The molecule has 2 rings (SSSR count). The highest BCUT2D eigenvalue weighted by Gasteiger charge is 2.05. The van der Waals surface area contributed by atoms with E-state index < -0.39 is 0 Å². The summed E-state index contributed by atoms with van der Waals surface area (Å²) in [6.07, 6.45) is 1.81. The van der Waals surface area contributed by atoms with Crippen LogP contribution in [-0.4, -0.2) is 9.78 Å². The molecule has 0 amide bonds. The molecule has 1 aromatic carbocycles. The van der Waals surface area contributed by atoms with Gasteiger partial charge < -0.3 is 5.73 Å². The summed E-state index contributed by atoms with van der Waals surface area (Å²) >= 11 is 5.97. The van der Waals surface area contributed by atoms with E-state index in [0.717, 1.165) is 16.9 Å². The van der Waals surface area contributed by atoms with Crippen molar-refractivity contribution in [2.75, 3.05) is 0 Å². The van der Waals surface area contributed by atoms with Gasteiger partial charge in [-0.25, -0.2) is 4.68 Å². The van der Waals surface area contributed by atoms with Gasteiger partial charge in [-0.3, -0.25) is 0 Å². The molecule has 0 saturated carbocycles. The number of aromatic nitrogens is 2. The third kappa shape index (κ3) is 1.96. The average Bonchev–Trinajstić information content (AvgIpc) is 2.59. The minimum Gasteiger partial charge on any atom is -0.326 e. The first-order chi connectivity index (χ1) is 7.61. The highest BCUT2D eigenvalue weighted by Crippen LogP contribution is 2.18. The third-order valence-corrected chi connectivity index (χ3v) is 3.02. The summed E-state index contributed by atoms with van der Waals surface area (Å²) in [4.78, 5) is 0. The minimum atomic E-state index is 0.561. The van der Waals surface area contributed by atoms with Crippen molar-refractivity contribution in [3.63, 3.8) is 0 Å². The Morgan fingerprint density at radius 1 is 1.38 bits per heavy atom. The van der Waals surface area contributed by atoms with Crippen molar-refractivity contribution in [2.24, 2.45) is 5.73 Å². The van der Waals surface area contributed by atoms with E-state index in [0.29, 0.717) is 11.6 Å². The van der Waals surface area contributed by atoms with Gasteiger partial charge in [0.1, 0.15) is 0 Å². The van der Waals surface area contributed by atoms with Crippen LogP contribution in [0, 0.1) is 13.8 Å². The molecule has 84 valence electrons. The Hall–Kier alpha value is -1.32. The van der Waals surface area contributed by atoms with E-state index in [9.17, 15) is 0 Å².